The molecule has 0 radical (unpaired) electrons. The molecule has 1 heterocycles. The van der Waals surface area contributed by atoms with E-state index < -0.39 is 11.8 Å². The Bertz CT molecular complexity index is 777. The highest BCUT2D eigenvalue weighted by molar-refractivity contribution is 9.10. The normalized spacial score (nSPS) is 24.2. The maximum atomic E-state index is 12.8. The van der Waals surface area contributed by atoms with Gasteiger partial charge in [-0.3, -0.25) is 4.79 Å². The Morgan fingerprint density at radius 2 is 1.83 bits per heavy atom. The van der Waals surface area contributed by atoms with Gasteiger partial charge in [0.05, 0.1) is 6.04 Å². The first-order valence-electron chi connectivity index (χ1n) is 7.53. The monoisotopic (exact) mass is 388 g/mol. The lowest BCUT2D eigenvalue weighted by atomic mass is 9.97. The van der Waals surface area contributed by atoms with Crippen molar-refractivity contribution in [3.8, 4) is 0 Å². The summed E-state index contributed by atoms with van der Waals surface area (Å²) in [6.45, 7) is 3.29. The number of nitrogens with zero attached hydrogens (tertiary/aromatic N) is 2. The first kappa shape index (κ1) is 16.8. The van der Waals surface area contributed by atoms with E-state index >= 15 is 0 Å². The minimum absolute atomic E-state index is 0.361. The van der Waals surface area contributed by atoms with Crippen molar-refractivity contribution in [2.75, 3.05) is 0 Å². The molecule has 6 heteroatoms. The van der Waals surface area contributed by atoms with Gasteiger partial charge in [0.25, 0.3) is 5.72 Å². The Morgan fingerprint density at radius 1 is 1.21 bits per heavy atom. The molecule has 1 aliphatic rings. The number of rotatable bonds is 3. The molecule has 0 fully saturated rings. The van der Waals surface area contributed by atoms with Crippen LogP contribution in [0, 0.1) is 0 Å². The molecule has 0 spiro atoms. The van der Waals surface area contributed by atoms with Crippen LogP contribution < -0.4 is 0 Å². The zero-order valence-corrected chi connectivity index (χ0v) is 14.9. The Hall–Kier alpha value is -2.02. The van der Waals surface area contributed by atoms with Crippen LogP contribution in [-0.2, 0) is 4.84 Å². The van der Waals surface area contributed by atoms with Gasteiger partial charge in [0, 0.05) is 22.5 Å². The van der Waals surface area contributed by atoms with Crippen molar-refractivity contribution in [3.63, 3.8) is 0 Å². The van der Waals surface area contributed by atoms with Gasteiger partial charge in [-0.05, 0) is 19.1 Å². The smallest absolute Gasteiger partial charge is 0.272 e. The van der Waals surface area contributed by atoms with Crippen LogP contribution in [0.4, 0.5) is 0 Å². The number of hydroxylamine groups is 2. The zero-order chi connectivity index (χ0) is 17.3. The summed E-state index contributed by atoms with van der Waals surface area (Å²) in [5.41, 5.74) is 0.262. The topological polar surface area (TPSA) is 62.1 Å². The molecule has 2 aromatic carbocycles. The molecule has 2 atom stereocenters. The van der Waals surface area contributed by atoms with Crippen molar-refractivity contribution in [3.05, 3.63) is 70.2 Å². The number of hydrogen-bond donors (Lipinski definition) is 1. The van der Waals surface area contributed by atoms with Crippen LogP contribution in [0.5, 0.6) is 0 Å². The van der Waals surface area contributed by atoms with E-state index in [-0.39, 0.29) is 5.78 Å². The molecule has 1 aliphatic heterocycles. The number of benzene rings is 2. The molecule has 0 aliphatic carbocycles. The Labute approximate surface area is 148 Å². The van der Waals surface area contributed by atoms with Gasteiger partial charge in [0.15, 0.2) is 0 Å². The van der Waals surface area contributed by atoms with E-state index in [1.54, 1.807) is 31.2 Å². The first-order valence-corrected chi connectivity index (χ1v) is 8.33. The van der Waals surface area contributed by atoms with Crippen LogP contribution in [-0.4, -0.2) is 33.5 Å². The molecule has 0 saturated carbocycles. The molecule has 3 rings (SSSR count). The summed E-state index contributed by atoms with van der Waals surface area (Å²) in [6.07, 6.45) is 0. The molecule has 0 aromatic heterocycles. The summed E-state index contributed by atoms with van der Waals surface area (Å²) in [5, 5.41) is 15.7. The summed E-state index contributed by atoms with van der Waals surface area (Å²) >= 11 is 3.33. The molecule has 2 aromatic rings. The minimum atomic E-state index is -1.58. The second-order valence-corrected chi connectivity index (χ2v) is 6.69. The lowest BCUT2D eigenvalue weighted by Crippen LogP contribution is -2.60. The maximum absolute atomic E-state index is 12.8. The van der Waals surface area contributed by atoms with Gasteiger partial charge in [-0.2, -0.15) is 0 Å². The third-order valence-corrected chi connectivity index (χ3v) is 4.65. The molecule has 0 amide bonds. The summed E-state index contributed by atoms with van der Waals surface area (Å²) in [4.78, 5) is 18.3. The van der Waals surface area contributed by atoms with Crippen molar-refractivity contribution < 1.29 is 14.8 Å². The van der Waals surface area contributed by atoms with Crippen molar-refractivity contribution >= 4 is 27.4 Å². The van der Waals surface area contributed by atoms with Crippen LogP contribution in [0.15, 0.2) is 64.2 Å². The van der Waals surface area contributed by atoms with Crippen LogP contribution in [0.25, 0.3) is 0 Å². The molecule has 24 heavy (non-hydrogen) atoms. The third-order valence-electron chi connectivity index (χ3n) is 4.12. The summed E-state index contributed by atoms with van der Waals surface area (Å²) in [7, 11) is 0. The highest BCUT2D eigenvalue weighted by atomic mass is 79.9. The number of ketones is 1. The van der Waals surface area contributed by atoms with Gasteiger partial charge < -0.3 is 10.0 Å². The van der Waals surface area contributed by atoms with Gasteiger partial charge in [-0.1, -0.05) is 63.6 Å². The maximum Gasteiger partial charge on any atom is 0.272 e. The number of Topliss-reactive ketones (excluding diaryl/α,β-unsaturated/α-hetero) is 1. The van der Waals surface area contributed by atoms with Crippen molar-refractivity contribution in [1.82, 2.24) is 5.06 Å². The Morgan fingerprint density at radius 3 is 2.46 bits per heavy atom. The van der Waals surface area contributed by atoms with Crippen LogP contribution in [0.2, 0.25) is 0 Å². The van der Waals surface area contributed by atoms with E-state index in [1.807, 2.05) is 30.3 Å². The molecule has 0 saturated heterocycles. The van der Waals surface area contributed by atoms with Gasteiger partial charge in [0.1, 0.15) is 5.71 Å². The van der Waals surface area contributed by atoms with Gasteiger partial charge in [0.2, 0.25) is 5.78 Å². The minimum Gasteiger partial charge on any atom is -0.362 e. The highest BCUT2D eigenvalue weighted by Crippen LogP contribution is 2.29. The predicted octanol–water partition coefficient (Wildman–Crippen LogP) is 3.86. The summed E-state index contributed by atoms with van der Waals surface area (Å²) in [6, 6.07) is 15.8. The number of carbonyl (C=O) groups excluding carboxylic acids is 1. The Kier molecular flexibility index (Phi) is 4.54. The van der Waals surface area contributed by atoms with E-state index in [4.69, 9.17) is 4.84 Å². The van der Waals surface area contributed by atoms with Crippen LogP contribution in [0.1, 0.15) is 29.8 Å². The fourth-order valence-electron chi connectivity index (χ4n) is 2.66. The quantitative estimate of drug-likeness (QED) is 0.810. The van der Waals surface area contributed by atoms with Crippen LogP contribution >= 0.6 is 15.9 Å². The average Bonchev–Trinajstić information content (AvgIpc) is 2.61. The molecule has 124 valence electrons. The average molecular weight is 389 g/mol. The number of halogens is 1. The van der Waals surface area contributed by atoms with E-state index in [1.165, 1.54) is 6.92 Å². The van der Waals surface area contributed by atoms with Gasteiger partial charge in [-0.15, -0.1) is 5.06 Å². The summed E-state index contributed by atoms with van der Waals surface area (Å²) in [5.74, 6) is -0.361. The molecule has 5 nitrogen and oxygen atoms in total. The van der Waals surface area contributed by atoms with Crippen molar-refractivity contribution in [2.45, 2.75) is 25.6 Å². The molecule has 1 N–H and O–H groups in total. The fourth-order valence-corrected chi connectivity index (χ4v) is 2.92. The SMILES string of the molecule is C[C@@H]1C(c2ccccc2)=NO[C@](C)(C(=O)c2ccc(Br)cc2)N1O. The van der Waals surface area contributed by atoms with E-state index in [0.29, 0.717) is 11.3 Å². The van der Waals surface area contributed by atoms with E-state index in [2.05, 4.69) is 21.1 Å². The lowest BCUT2D eigenvalue weighted by molar-refractivity contribution is -0.266. The number of carbonyl (C=O) groups is 1. The third kappa shape index (κ3) is 2.88. The zero-order valence-electron chi connectivity index (χ0n) is 13.3. The number of oxime groups is 1. The van der Waals surface area contributed by atoms with Gasteiger partial charge >= 0.3 is 0 Å². The standard InChI is InChI=1S/C18H17BrN2O3/c1-12-16(13-6-4-3-5-7-13)20-24-18(2,21(12)23)17(22)14-8-10-15(19)11-9-14/h3-12,23H,1-2H3/t12-,18-/m1/s1. The highest BCUT2D eigenvalue weighted by Gasteiger charge is 2.49. The predicted molar refractivity (Wildman–Crippen MR) is 94.0 cm³/mol. The number of hydrogen-bond acceptors (Lipinski definition) is 5. The first-order chi connectivity index (χ1) is 11.4. The largest absolute Gasteiger partial charge is 0.362 e. The van der Waals surface area contributed by atoms with Crippen molar-refractivity contribution in [2.24, 2.45) is 5.16 Å². The second-order valence-electron chi connectivity index (χ2n) is 5.77. The van der Waals surface area contributed by atoms with E-state index in [0.717, 1.165) is 15.1 Å². The molecular weight excluding hydrogens is 372 g/mol. The summed E-state index contributed by atoms with van der Waals surface area (Å²) < 4.78 is 0.868. The molecule has 0 bridgehead atoms. The van der Waals surface area contributed by atoms with Crippen LogP contribution in [0.3, 0.4) is 0 Å². The molecule has 0 unspecified atom stereocenters. The van der Waals surface area contributed by atoms with E-state index in [9.17, 15) is 10.0 Å². The lowest BCUT2D eigenvalue weighted by Gasteiger charge is -2.40. The molecular formula is C18H17BrN2O3. The second kappa shape index (κ2) is 6.47. The van der Waals surface area contributed by atoms with Crippen molar-refractivity contribution in [1.29, 1.82) is 0 Å². The van der Waals surface area contributed by atoms with Gasteiger partial charge in [-0.25, -0.2) is 0 Å². The Balaban J connectivity index is 1.93. The fraction of sp³-hybridized carbons (Fsp3) is 0.222.